The Hall–Kier alpha value is -2.15. The summed E-state index contributed by atoms with van der Waals surface area (Å²) in [6, 6.07) is 7.98. The van der Waals surface area contributed by atoms with Crippen molar-refractivity contribution in [3.8, 4) is 5.75 Å². The van der Waals surface area contributed by atoms with Gasteiger partial charge in [0.25, 0.3) is 0 Å². The SMILES string of the molecule is C=C(N=C(OC)c1ccc(CC)s1)c1cc(C)c(OCC(O)CO)c(C)c1.CC. The molecule has 1 atom stereocenters. The van der Waals surface area contributed by atoms with Gasteiger partial charge in [-0.15, -0.1) is 11.3 Å². The third-order valence-electron chi connectivity index (χ3n) is 4.08. The summed E-state index contributed by atoms with van der Waals surface area (Å²) in [6.07, 6.45) is 0.0825. The monoisotopic (exact) mass is 419 g/mol. The summed E-state index contributed by atoms with van der Waals surface area (Å²) in [6.45, 7) is 13.8. The average Bonchev–Trinajstić information content (AvgIpc) is 3.21. The van der Waals surface area contributed by atoms with E-state index in [0.717, 1.165) is 28.0 Å². The first-order chi connectivity index (χ1) is 13.9. The van der Waals surface area contributed by atoms with Crippen LogP contribution in [0, 0.1) is 13.8 Å². The lowest BCUT2D eigenvalue weighted by molar-refractivity contribution is 0.0532. The molecule has 2 rings (SSSR count). The second-order valence-corrected chi connectivity index (χ2v) is 7.44. The van der Waals surface area contributed by atoms with Gasteiger partial charge in [0, 0.05) is 10.4 Å². The van der Waals surface area contributed by atoms with Gasteiger partial charge < -0.3 is 19.7 Å². The van der Waals surface area contributed by atoms with Crippen LogP contribution < -0.4 is 4.74 Å². The lowest BCUT2D eigenvalue weighted by atomic mass is 10.0. The topological polar surface area (TPSA) is 71.3 Å². The normalized spacial score (nSPS) is 12.1. The molecule has 1 aromatic carbocycles. The smallest absolute Gasteiger partial charge is 0.231 e. The molecule has 0 aliphatic heterocycles. The molecule has 0 aliphatic carbocycles. The van der Waals surface area contributed by atoms with Crippen molar-refractivity contribution >= 4 is 22.9 Å². The van der Waals surface area contributed by atoms with Crippen molar-refractivity contribution in [1.29, 1.82) is 0 Å². The van der Waals surface area contributed by atoms with Crippen LogP contribution in [-0.2, 0) is 11.2 Å². The average molecular weight is 420 g/mol. The minimum Gasteiger partial charge on any atom is -0.490 e. The quantitative estimate of drug-likeness (QED) is 0.478. The molecule has 2 N–H and O–H groups in total. The second kappa shape index (κ2) is 12.4. The van der Waals surface area contributed by atoms with Gasteiger partial charge in [0.05, 0.1) is 24.3 Å². The van der Waals surface area contributed by atoms with E-state index in [4.69, 9.17) is 14.6 Å². The van der Waals surface area contributed by atoms with E-state index >= 15 is 0 Å². The van der Waals surface area contributed by atoms with Crippen LogP contribution in [0.25, 0.3) is 5.70 Å². The van der Waals surface area contributed by atoms with Gasteiger partial charge in [-0.05, 0) is 55.7 Å². The number of hydrogen-bond acceptors (Lipinski definition) is 6. The number of aliphatic hydroxyl groups is 2. The summed E-state index contributed by atoms with van der Waals surface area (Å²) in [4.78, 5) is 6.83. The zero-order valence-corrected chi connectivity index (χ0v) is 19.1. The fraction of sp³-hybridized carbons (Fsp3) is 0.435. The van der Waals surface area contributed by atoms with E-state index in [0.29, 0.717) is 17.3 Å². The molecular formula is C23H33NO4S. The van der Waals surface area contributed by atoms with E-state index in [1.54, 1.807) is 18.4 Å². The third-order valence-corrected chi connectivity index (χ3v) is 5.29. The van der Waals surface area contributed by atoms with Gasteiger partial charge in [-0.3, -0.25) is 0 Å². The van der Waals surface area contributed by atoms with Gasteiger partial charge >= 0.3 is 0 Å². The van der Waals surface area contributed by atoms with Crippen molar-refractivity contribution in [3.63, 3.8) is 0 Å². The van der Waals surface area contributed by atoms with E-state index in [1.165, 1.54) is 4.88 Å². The lowest BCUT2D eigenvalue weighted by Gasteiger charge is -2.16. The molecule has 0 radical (unpaired) electrons. The zero-order valence-electron chi connectivity index (χ0n) is 18.3. The number of aliphatic hydroxyl groups excluding tert-OH is 2. The minimum absolute atomic E-state index is 0.0442. The summed E-state index contributed by atoms with van der Waals surface area (Å²) < 4.78 is 11.1. The first kappa shape index (κ1) is 24.9. The van der Waals surface area contributed by atoms with Crippen molar-refractivity contribution in [1.82, 2.24) is 0 Å². The second-order valence-electron chi connectivity index (χ2n) is 6.27. The number of benzene rings is 1. The highest BCUT2D eigenvalue weighted by atomic mass is 32.1. The highest BCUT2D eigenvalue weighted by molar-refractivity contribution is 7.14. The highest BCUT2D eigenvalue weighted by Crippen LogP contribution is 2.29. The summed E-state index contributed by atoms with van der Waals surface area (Å²) in [5.74, 6) is 1.24. The Morgan fingerprint density at radius 2 is 1.83 bits per heavy atom. The molecule has 29 heavy (non-hydrogen) atoms. The van der Waals surface area contributed by atoms with Crippen molar-refractivity contribution in [2.75, 3.05) is 20.3 Å². The van der Waals surface area contributed by atoms with Gasteiger partial charge in [0.15, 0.2) is 0 Å². The molecule has 1 unspecified atom stereocenters. The van der Waals surface area contributed by atoms with Crippen molar-refractivity contribution < 1.29 is 19.7 Å². The van der Waals surface area contributed by atoms with Crippen LogP contribution in [0.5, 0.6) is 5.75 Å². The molecule has 1 heterocycles. The van der Waals surface area contributed by atoms with Gasteiger partial charge in [0.2, 0.25) is 5.90 Å². The van der Waals surface area contributed by atoms with Crippen LogP contribution in [0.3, 0.4) is 0 Å². The molecule has 1 aromatic heterocycles. The number of ether oxygens (including phenoxy) is 2. The van der Waals surface area contributed by atoms with E-state index in [9.17, 15) is 5.11 Å². The number of aryl methyl sites for hydroxylation is 3. The van der Waals surface area contributed by atoms with Gasteiger partial charge in [-0.25, -0.2) is 4.99 Å². The van der Waals surface area contributed by atoms with Crippen LogP contribution in [0.4, 0.5) is 0 Å². The van der Waals surface area contributed by atoms with Crippen molar-refractivity contribution in [2.24, 2.45) is 4.99 Å². The molecule has 2 aromatic rings. The van der Waals surface area contributed by atoms with E-state index in [1.807, 2.05) is 45.9 Å². The summed E-state index contributed by atoms with van der Waals surface area (Å²) in [7, 11) is 1.61. The maximum atomic E-state index is 9.48. The summed E-state index contributed by atoms with van der Waals surface area (Å²) >= 11 is 1.66. The first-order valence-electron chi connectivity index (χ1n) is 9.83. The van der Waals surface area contributed by atoms with Gasteiger partial charge in [-0.1, -0.05) is 27.4 Å². The molecule has 0 aliphatic rings. The molecule has 0 saturated carbocycles. The molecule has 0 spiro atoms. The van der Waals surface area contributed by atoms with Crippen LogP contribution >= 0.6 is 11.3 Å². The van der Waals surface area contributed by atoms with Crippen LogP contribution in [0.2, 0.25) is 0 Å². The molecule has 6 heteroatoms. The fourth-order valence-electron chi connectivity index (χ4n) is 2.65. The minimum atomic E-state index is -0.897. The Morgan fingerprint density at radius 1 is 1.21 bits per heavy atom. The molecule has 0 saturated heterocycles. The Balaban J connectivity index is 0.00000204. The molecule has 0 amide bonds. The van der Waals surface area contributed by atoms with E-state index in [2.05, 4.69) is 24.6 Å². The fourth-order valence-corrected chi connectivity index (χ4v) is 3.56. The summed E-state index contributed by atoms with van der Waals surface area (Å²) in [5, 5.41) is 18.4. The Bertz CT molecular complexity index is 803. The Kier molecular flexibility index (Phi) is 10.7. The van der Waals surface area contributed by atoms with Gasteiger partial charge in [0.1, 0.15) is 18.5 Å². The predicted molar refractivity (Wildman–Crippen MR) is 122 cm³/mol. The van der Waals surface area contributed by atoms with Crippen molar-refractivity contribution in [3.05, 3.63) is 57.3 Å². The van der Waals surface area contributed by atoms with Crippen molar-refractivity contribution in [2.45, 2.75) is 47.1 Å². The number of aliphatic imine (C=N–C) groups is 1. The maximum Gasteiger partial charge on any atom is 0.231 e. The van der Waals surface area contributed by atoms with Gasteiger partial charge in [-0.2, -0.15) is 0 Å². The number of nitrogens with zero attached hydrogens (tertiary/aromatic N) is 1. The largest absolute Gasteiger partial charge is 0.490 e. The zero-order chi connectivity index (χ0) is 22.0. The van der Waals surface area contributed by atoms with Crippen LogP contribution in [0.15, 0.2) is 35.8 Å². The Labute approximate surface area is 178 Å². The molecular weight excluding hydrogens is 386 g/mol. The number of methoxy groups -OCH3 is 1. The standard InChI is InChI=1S/C21H27NO4S.C2H6/c1-6-18-7-8-19(27-18)21(25-5)22-15(4)16-9-13(2)20(14(3)10-16)26-12-17(24)11-23;1-2/h7-10,17,23-24H,4,6,11-12H2,1-3,5H3;1-2H3. The maximum absolute atomic E-state index is 9.48. The highest BCUT2D eigenvalue weighted by Gasteiger charge is 2.13. The molecule has 160 valence electrons. The Morgan fingerprint density at radius 3 is 2.31 bits per heavy atom. The third kappa shape index (κ3) is 6.99. The molecule has 5 nitrogen and oxygen atoms in total. The molecule has 0 bridgehead atoms. The van der Waals surface area contributed by atoms with E-state index in [-0.39, 0.29) is 13.2 Å². The number of thiophene rings is 1. The summed E-state index contributed by atoms with van der Waals surface area (Å²) in [5.41, 5.74) is 3.30. The number of rotatable bonds is 8. The van der Waals surface area contributed by atoms with E-state index < -0.39 is 6.10 Å². The first-order valence-corrected chi connectivity index (χ1v) is 10.6. The van der Waals surface area contributed by atoms with Crippen LogP contribution in [-0.4, -0.2) is 42.5 Å². The number of hydrogen-bond donors (Lipinski definition) is 2. The molecule has 0 fully saturated rings. The lowest BCUT2D eigenvalue weighted by Crippen LogP contribution is -2.21. The predicted octanol–water partition coefficient (Wildman–Crippen LogP) is 4.75. The van der Waals surface area contributed by atoms with Crippen LogP contribution in [0.1, 0.15) is 47.2 Å².